The second-order valence-electron chi connectivity index (χ2n) is 7.75. The number of anilines is 2. The van der Waals surface area contributed by atoms with Crippen molar-refractivity contribution in [3.05, 3.63) is 69.1 Å². The lowest BCUT2D eigenvalue weighted by Gasteiger charge is -2.17. The molecule has 10 heteroatoms. The second-order valence-corrected chi connectivity index (χ2v) is 8.61. The van der Waals surface area contributed by atoms with Crippen molar-refractivity contribution >= 4 is 39.7 Å². The first-order chi connectivity index (χ1) is 15.9. The van der Waals surface area contributed by atoms with Crippen molar-refractivity contribution in [2.75, 3.05) is 23.3 Å². The van der Waals surface area contributed by atoms with Crippen LogP contribution in [0, 0.1) is 10.1 Å². The Morgan fingerprint density at radius 2 is 1.88 bits per heavy atom. The van der Waals surface area contributed by atoms with Gasteiger partial charge in [0, 0.05) is 49.1 Å². The predicted octanol–water partition coefficient (Wildman–Crippen LogP) is 4.21. The summed E-state index contributed by atoms with van der Waals surface area (Å²) in [7, 11) is 0. The summed E-state index contributed by atoms with van der Waals surface area (Å²) in [6.45, 7) is 3.49. The van der Waals surface area contributed by atoms with Gasteiger partial charge in [-0.2, -0.15) is 0 Å². The van der Waals surface area contributed by atoms with E-state index in [9.17, 15) is 19.7 Å². The van der Waals surface area contributed by atoms with Gasteiger partial charge in [-0.15, -0.1) is 11.3 Å². The lowest BCUT2D eigenvalue weighted by atomic mass is 10.1. The first-order valence-corrected chi connectivity index (χ1v) is 11.4. The summed E-state index contributed by atoms with van der Waals surface area (Å²) in [6.07, 6.45) is 2.01. The molecular formula is C23H23N5O4S. The van der Waals surface area contributed by atoms with Gasteiger partial charge in [-0.3, -0.25) is 25.0 Å². The van der Waals surface area contributed by atoms with Gasteiger partial charge in [-0.1, -0.05) is 24.3 Å². The van der Waals surface area contributed by atoms with Gasteiger partial charge in [0.1, 0.15) is 5.69 Å². The number of carbonyl (C=O) groups excluding carboxylic acids is 2. The number of carbonyl (C=O) groups is 2. The first-order valence-electron chi connectivity index (χ1n) is 10.5. The van der Waals surface area contributed by atoms with Crippen LogP contribution in [-0.2, 0) is 11.3 Å². The molecule has 0 radical (unpaired) electrons. The van der Waals surface area contributed by atoms with Crippen molar-refractivity contribution in [3.8, 4) is 11.3 Å². The largest absolute Gasteiger partial charge is 0.366 e. The third-order valence-corrected chi connectivity index (χ3v) is 6.15. The maximum absolute atomic E-state index is 12.7. The lowest BCUT2D eigenvalue weighted by molar-refractivity contribution is -0.384. The van der Waals surface area contributed by atoms with Crippen LogP contribution in [0.15, 0.2) is 47.8 Å². The van der Waals surface area contributed by atoms with Gasteiger partial charge in [-0.05, 0) is 30.5 Å². The van der Waals surface area contributed by atoms with Crippen LogP contribution in [0.3, 0.4) is 0 Å². The molecule has 0 saturated carbocycles. The van der Waals surface area contributed by atoms with Gasteiger partial charge in [-0.25, -0.2) is 4.98 Å². The molecule has 1 saturated heterocycles. The standard InChI is InChI=1S/C23H23N5O4S/c1-15(29)24-13-16-4-6-17(7-5-16)19-14-33-23(25-19)26-22(30)18-8-9-20(21(12-18)28(31)32)27-10-2-3-11-27/h4-9,12,14H,2-3,10-11,13H2,1H3,(H,24,29)(H,25,26,30). The fourth-order valence-electron chi connectivity index (χ4n) is 3.69. The molecule has 2 heterocycles. The molecule has 0 atom stereocenters. The van der Waals surface area contributed by atoms with Crippen LogP contribution in [0.4, 0.5) is 16.5 Å². The molecule has 0 aliphatic carbocycles. The van der Waals surface area contributed by atoms with E-state index in [1.54, 1.807) is 12.1 Å². The van der Waals surface area contributed by atoms with Crippen molar-refractivity contribution in [2.45, 2.75) is 26.3 Å². The number of hydrogen-bond acceptors (Lipinski definition) is 7. The highest BCUT2D eigenvalue weighted by atomic mass is 32.1. The van der Waals surface area contributed by atoms with Crippen molar-refractivity contribution < 1.29 is 14.5 Å². The molecule has 0 spiro atoms. The topological polar surface area (TPSA) is 117 Å². The number of nitro groups is 1. The Morgan fingerprint density at radius 1 is 1.15 bits per heavy atom. The van der Waals surface area contributed by atoms with E-state index in [-0.39, 0.29) is 17.2 Å². The summed E-state index contributed by atoms with van der Waals surface area (Å²) in [4.78, 5) is 41.3. The molecule has 0 bridgehead atoms. The van der Waals surface area contributed by atoms with Gasteiger partial charge in [0.15, 0.2) is 5.13 Å². The summed E-state index contributed by atoms with van der Waals surface area (Å²) in [5, 5.41) is 19.3. The van der Waals surface area contributed by atoms with Gasteiger partial charge in [0.05, 0.1) is 10.6 Å². The molecule has 33 heavy (non-hydrogen) atoms. The zero-order valence-electron chi connectivity index (χ0n) is 18.0. The van der Waals surface area contributed by atoms with Gasteiger partial charge in [0.2, 0.25) is 5.91 Å². The quantitative estimate of drug-likeness (QED) is 0.399. The third-order valence-electron chi connectivity index (χ3n) is 5.40. The van der Waals surface area contributed by atoms with Gasteiger partial charge >= 0.3 is 0 Å². The Balaban J connectivity index is 1.46. The monoisotopic (exact) mass is 465 g/mol. The van der Waals surface area contributed by atoms with Crippen LogP contribution in [0.2, 0.25) is 0 Å². The van der Waals surface area contributed by atoms with E-state index in [1.165, 1.54) is 24.3 Å². The van der Waals surface area contributed by atoms with Gasteiger partial charge < -0.3 is 10.2 Å². The number of aromatic nitrogens is 1. The Bertz CT molecular complexity index is 1190. The molecule has 0 unspecified atom stereocenters. The van der Waals surface area contributed by atoms with E-state index in [1.807, 2.05) is 34.5 Å². The lowest BCUT2D eigenvalue weighted by Crippen LogP contribution is -2.19. The van der Waals surface area contributed by atoms with E-state index in [2.05, 4.69) is 15.6 Å². The highest BCUT2D eigenvalue weighted by molar-refractivity contribution is 7.14. The zero-order valence-corrected chi connectivity index (χ0v) is 18.9. The summed E-state index contributed by atoms with van der Waals surface area (Å²) < 4.78 is 0. The van der Waals surface area contributed by atoms with E-state index in [0.717, 1.165) is 37.1 Å². The van der Waals surface area contributed by atoms with Gasteiger partial charge in [0.25, 0.3) is 11.6 Å². The molecule has 1 aliphatic heterocycles. The number of thiazole rings is 1. The number of hydrogen-bond donors (Lipinski definition) is 2. The van der Waals surface area contributed by atoms with E-state index < -0.39 is 10.8 Å². The molecule has 3 aromatic rings. The molecule has 170 valence electrons. The minimum atomic E-state index is -0.447. The SMILES string of the molecule is CC(=O)NCc1ccc(-c2csc(NC(=O)c3ccc(N4CCCC4)c([N+](=O)[O-])c3)n2)cc1. The minimum absolute atomic E-state index is 0.0660. The second kappa shape index (κ2) is 9.78. The first kappa shape index (κ1) is 22.4. The van der Waals surface area contributed by atoms with Crippen LogP contribution >= 0.6 is 11.3 Å². The van der Waals surface area contributed by atoms with Crippen LogP contribution in [0.5, 0.6) is 0 Å². The fraction of sp³-hybridized carbons (Fsp3) is 0.261. The molecule has 2 N–H and O–H groups in total. The molecule has 9 nitrogen and oxygen atoms in total. The summed E-state index contributed by atoms with van der Waals surface area (Å²) in [6, 6.07) is 12.2. The van der Waals surface area contributed by atoms with Crippen molar-refractivity contribution in [2.24, 2.45) is 0 Å². The summed E-state index contributed by atoms with van der Waals surface area (Å²) in [5.41, 5.74) is 3.25. The molecule has 4 rings (SSSR count). The maximum Gasteiger partial charge on any atom is 0.293 e. The average Bonchev–Trinajstić information content (AvgIpc) is 3.50. The number of nitro benzene ring substituents is 1. The van der Waals surface area contributed by atoms with E-state index >= 15 is 0 Å². The maximum atomic E-state index is 12.7. The van der Waals surface area contributed by atoms with E-state index in [0.29, 0.717) is 23.1 Å². The van der Waals surface area contributed by atoms with Crippen LogP contribution in [0.25, 0.3) is 11.3 Å². The normalized spacial score (nSPS) is 13.1. The molecule has 2 amide bonds. The third kappa shape index (κ3) is 5.35. The fourth-order valence-corrected chi connectivity index (χ4v) is 4.40. The number of nitrogens with one attached hydrogen (secondary N) is 2. The number of nitrogens with zero attached hydrogens (tertiary/aromatic N) is 3. The van der Waals surface area contributed by atoms with Crippen LogP contribution < -0.4 is 15.5 Å². The summed E-state index contributed by atoms with van der Waals surface area (Å²) >= 11 is 1.28. The van der Waals surface area contributed by atoms with E-state index in [4.69, 9.17) is 0 Å². The molecule has 1 aromatic heterocycles. The van der Waals surface area contributed by atoms with Crippen molar-refractivity contribution in [1.82, 2.24) is 10.3 Å². The molecule has 1 fully saturated rings. The molecule has 2 aromatic carbocycles. The highest BCUT2D eigenvalue weighted by Crippen LogP contribution is 2.32. The number of rotatable bonds is 7. The Kier molecular flexibility index (Phi) is 6.64. The number of benzene rings is 2. The van der Waals surface area contributed by atoms with Crippen LogP contribution in [-0.4, -0.2) is 34.8 Å². The number of amides is 2. The zero-order chi connectivity index (χ0) is 23.4. The smallest absolute Gasteiger partial charge is 0.293 e. The minimum Gasteiger partial charge on any atom is -0.366 e. The van der Waals surface area contributed by atoms with Crippen molar-refractivity contribution in [3.63, 3.8) is 0 Å². The molecular weight excluding hydrogens is 442 g/mol. The van der Waals surface area contributed by atoms with Crippen LogP contribution in [0.1, 0.15) is 35.7 Å². The summed E-state index contributed by atoms with van der Waals surface area (Å²) in [5.74, 6) is -0.535. The Morgan fingerprint density at radius 3 is 2.55 bits per heavy atom. The molecule has 1 aliphatic rings. The predicted molar refractivity (Wildman–Crippen MR) is 128 cm³/mol. The Labute approximate surface area is 194 Å². The van der Waals surface area contributed by atoms with Crippen molar-refractivity contribution in [1.29, 1.82) is 0 Å². The average molecular weight is 466 g/mol. The Hall–Kier alpha value is -3.79. The highest BCUT2D eigenvalue weighted by Gasteiger charge is 2.24.